The minimum Gasteiger partial charge on any atom is -0.490 e. The van der Waals surface area contributed by atoms with Gasteiger partial charge in [0.2, 0.25) is 0 Å². The first-order chi connectivity index (χ1) is 17.3. The zero-order valence-electron chi connectivity index (χ0n) is 20.0. The summed E-state index contributed by atoms with van der Waals surface area (Å²) in [5.41, 5.74) is 2.29. The Morgan fingerprint density at radius 2 is 2.11 bits per heavy atom. The van der Waals surface area contributed by atoms with Gasteiger partial charge in [-0.15, -0.1) is 0 Å². The molecule has 4 rings (SSSR count). The molecule has 0 saturated carbocycles. The Morgan fingerprint density at radius 1 is 1.28 bits per heavy atom. The van der Waals surface area contributed by atoms with Crippen molar-refractivity contribution < 1.29 is 23.8 Å². The predicted octanol–water partition coefficient (Wildman–Crippen LogP) is 5.44. The Labute approximate surface area is 225 Å². The standard InChI is InChI=1S/C26H27ClN2O5S2/c1-3-32-22-11-17(12-23-25(31)29(26(35)36-23)14-19-5-4-10-33-19)7-9-21(22)34-15-24(30)28-18-8-6-16(2)20(27)13-18/h6-9,11-13,19H,3-5,10,14-15H2,1-2H3,(H,28,30)/b23-12-/t19-/m1/s1. The molecule has 36 heavy (non-hydrogen) atoms. The van der Waals surface area contributed by atoms with E-state index >= 15 is 0 Å². The van der Waals surface area contributed by atoms with Crippen LogP contribution in [0.3, 0.4) is 0 Å². The van der Waals surface area contributed by atoms with Crippen LogP contribution in [0.4, 0.5) is 5.69 Å². The maximum atomic E-state index is 12.9. The number of hydrogen-bond acceptors (Lipinski definition) is 7. The van der Waals surface area contributed by atoms with Crippen LogP contribution in [-0.4, -0.2) is 53.5 Å². The molecule has 0 aliphatic carbocycles. The summed E-state index contributed by atoms with van der Waals surface area (Å²) in [7, 11) is 0. The van der Waals surface area contributed by atoms with E-state index in [4.69, 9.17) is 38.0 Å². The van der Waals surface area contributed by atoms with E-state index in [9.17, 15) is 9.59 Å². The SMILES string of the molecule is CCOc1cc(/C=C2\SC(=S)N(C[C@H]3CCCO3)C2=O)ccc1OCC(=O)Nc1ccc(C)c(Cl)c1. The van der Waals surface area contributed by atoms with Gasteiger partial charge in [-0.1, -0.05) is 47.7 Å². The van der Waals surface area contributed by atoms with Crippen molar-refractivity contribution in [3.05, 3.63) is 57.5 Å². The first-order valence-corrected chi connectivity index (χ1v) is 13.3. The Bertz CT molecular complexity index is 1200. The molecule has 0 unspecified atom stereocenters. The largest absolute Gasteiger partial charge is 0.490 e. The van der Waals surface area contributed by atoms with Crippen LogP contribution >= 0.6 is 35.6 Å². The molecule has 0 radical (unpaired) electrons. The van der Waals surface area contributed by atoms with Crippen LogP contribution in [0.25, 0.3) is 6.08 Å². The van der Waals surface area contributed by atoms with Crippen molar-refractivity contribution in [2.45, 2.75) is 32.8 Å². The van der Waals surface area contributed by atoms with Crippen molar-refractivity contribution in [1.82, 2.24) is 4.90 Å². The molecule has 10 heteroatoms. The molecule has 1 atom stereocenters. The average Bonchev–Trinajstić information content (AvgIpc) is 3.45. The zero-order valence-corrected chi connectivity index (χ0v) is 22.4. The number of thiocarbonyl (C=S) groups is 1. The number of nitrogens with one attached hydrogen (secondary N) is 1. The number of amides is 2. The first kappa shape index (κ1) is 26.5. The van der Waals surface area contributed by atoms with Crippen LogP contribution in [0.2, 0.25) is 5.02 Å². The summed E-state index contributed by atoms with van der Waals surface area (Å²) in [6, 6.07) is 10.6. The molecule has 2 aromatic rings. The van der Waals surface area contributed by atoms with Gasteiger partial charge in [0.1, 0.15) is 4.32 Å². The van der Waals surface area contributed by atoms with Crippen molar-refractivity contribution in [3.8, 4) is 11.5 Å². The zero-order chi connectivity index (χ0) is 25.7. The third kappa shape index (κ3) is 6.59. The van der Waals surface area contributed by atoms with Gasteiger partial charge in [-0.05, 0) is 68.2 Å². The van der Waals surface area contributed by atoms with E-state index in [1.807, 2.05) is 26.0 Å². The van der Waals surface area contributed by atoms with Gasteiger partial charge in [0, 0.05) is 17.3 Å². The van der Waals surface area contributed by atoms with E-state index in [1.165, 1.54) is 11.8 Å². The van der Waals surface area contributed by atoms with Gasteiger partial charge in [-0.2, -0.15) is 0 Å². The molecule has 0 aromatic heterocycles. The van der Waals surface area contributed by atoms with E-state index in [2.05, 4.69) is 5.32 Å². The molecule has 7 nitrogen and oxygen atoms in total. The monoisotopic (exact) mass is 546 g/mol. The molecule has 2 aliphatic heterocycles. The molecule has 2 aliphatic rings. The van der Waals surface area contributed by atoms with E-state index in [1.54, 1.807) is 35.2 Å². The van der Waals surface area contributed by atoms with E-state index < -0.39 is 0 Å². The Balaban J connectivity index is 1.41. The molecule has 2 aromatic carbocycles. The first-order valence-electron chi connectivity index (χ1n) is 11.7. The highest BCUT2D eigenvalue weighted by Gasteiger charge is 2.34. The molecule has 2 fully saturated rings. The molecule has 2 heterocycles. The maximum absolute atomic E-state index is 12.9. The topological polar surface area (TPSA) is 77.1 Å². The maximum Gasteiger partial charge on any atom is 0.266 e. The van der Waals surface area contributed by atoms with Crippen molar-refractivity contribution >= 4 is 63.5 Å². The average molecular weight is 547 g/mol. The second kappa shape index (κ2) is 12.1. The highest BCUT2D eigenvalue weighted by atomic mass is 35.5. The molecule has 2 saturated heterocycles. The van der Waals surface area contributed by atoms with Crippen LogP contribution in [0.15, 0.2) is 41.3 Å². The quantitative estimate of drug-likeness (QED) is 0.331. The van der Waals surface area contributed by atoms with Crippen LogP contribution in [0.1, 0.15) is 30.9 Å². The van der Waals surface area contributed by atoms with Crippen molar-refractivity contribution in [2.75, 3.05) is 31.7 Å². The van der Waals surface area contributed by atoms with Gasteiger partial charge in [0.25, 0.3) is 11.8 Å². The summed E-state index contributed by atoms with van der Waals surface area (Å²) in [4.78, 5) is 27.5. The highest BCUT2D eigenvalue weighted by molar-refractivity contribution is 8.26. The lowest BCUT2D eigenvalue weighted by molar-refractivity contribution is -0.123. The number of aryl methyl sites for hydroxylation is 1. The summed E-state index contributed by atoms with van der Waals surface area (Å²) in [6.45, 7) is 5.18. The Morgan fingerprint density at radius 3 is 2.83 bits per heavy atom. The lowest BCUT2D eigenvalue weighted by Crippen LogP contribution is -2.35. The number of carbonyl (C=O) groups excluding carboxylic acids is 2. The molecule has 190 valence electrons. The number of thioether (sulfide) groups is 1. The number of hydrogen-bond donors (Lipinski definition) is 1. The number of rotatable bonds is 9. The third-order valence-electron chi connectivity index (χ3n) is 5.66. The van der Waals surface area contributed by atoms with Crippen LogP contribution in [0, 0.1) is 6.92 Å². The second-order valence-corrected chi connectivity index (χ2v) is 10.5. The van der Waals surface area contributed by atoms with E-state index in [-0.39, 0.29) is 24.5 Å². The second-order valence-electron chi connectivity index (χ2n) is 8.37. The van der Waals surface area contributed by atoms with Crippen molar-refractivity contribution in [2.24, 2.45) is 0 Å². The molecule has 0 bridgehead atoms. The minimum atomic E-state index is -0.323. The van der Waals surface area contributed by atoms with Gasteiger partial charge in [-0.25, -0.2) is 0 Å². The summed E-state index contributed by atoms with van der Waals surface area (Å²) in [5, 5.41) is 3.34. The summed E-state index contributed by atoms with van der Waals surface area (Å²) >= 11 is 12.8. The molecule has 1 N–H and O–H groups in total. The van der Waals surface area contributed by atoms with Crippen LogP contribution < -0.4 is 14.8 Å². The molecular weight excluding hydrogens is 520 g/mol. The fraction of sp³-hybridized carbons (Fsp3) is 0.346. The van der Waals surface area contributed by atoms with Gasteiger partial charge >= 0.3 is 0 Å². The summed E-state index contributed by atoms with van der Waals surface area (Å²) < 4.78 is 17.6. The van der Waals surface area contributed by atoms with Crippen molar-refractivity contribution in [1.29, 1.82) is 0 Å². The van der Waals surface area contributed by atoms with Gasteiger partial charge in [0.15, 0.2) is 18.1 Å². The lowest BCUT2D eigenvalue weighted by atomic mass is 10.1. The number of benzene rings is 2. The Hall–Kier alpha value is -2.59. The van der Waals surface area contributed by atoms with Crippen LogP contribution in [-0.2, 0) is 14.3 Å². The van der Waals surface area contributed by atoms with Crippen LogP contribution in [0.5, 0.6) is 11.5 Å². The summed E-state index contributed by atoms with van der Waals surface area (Å²) in [6.07, 6.45) is 3.76. The van der Waals surface area contributed by atoms with E-state index in [0.717, 1.165) is 30.6 Å². The number of ether oxygens (including phenoxy) is 3. The van der Waals surface area contributed by atoms with Gasteiger partial charge in [0.05, 0.1) is 24.2 Å². The fourth-order valence-corrected chi connectivity index (χ4v) is 5.27. The minimum absolute atomic E-state index is 0.0352. The molecular formula is C26H27ClN2O5S2. The highest BCUT2D eigenvalue weighted by Crippen LogP contribution is 2.35. The normalized spacial score (nSPS) is 18.7. The van der Waals surface area contributed by atoms with Crippen molar-refractivity contribution in [3.63, 3.8) is 0 Å². The number of carbonyl (C=O) groups is 2. The van der Waals surface area contributed by atoms with Gasteiger partial charge < -0.3 is 19.5 Å². The van der Waals surface area contributed by atoms with E-state index in [0.29, 0.717) is 44.6 Å². The van der Waals surface area contributed by atoms with Gasteiger partial charge in [-0.3, -0.25) is 14.5 Å². The number of halogens is 1. The summed E-state index contributed by atoms with van der Waals surface area (Å²) in [5.74, 6) is 0.465. The third-order valence-corrected chi connectivity index (χ3v) is 7.45. The number of anilines is 1. The smallest absolute Gasteiger partial charge is 0.266 e. The molecule has 0 spiro atoms. The lowest BCUT2D eigenvalue weighted by Gasteiger charge is -2.18. The Kier molecular flexibility index (Phi) is 8.90. The molecule has 2 amide bonds. The predicted molar refractivity (Wildman–Crippen MR) is 147 cm³/mol. The number of nitrogens with zero attached hydrogens (tertiary/aromatic N) is 1. The fourth-order valence-electron chi connectivity index (χ4n) is 3.81.